The van der Waals surface area contributed by atoms with Gasteiger partial charge in [0.05, 0.1) is 11.4 Å². The van der Waals surface area contributed by atoms with Crippen LogP contribution in [0.25, 0.3) is 5.69 Å². The van der Waals surface area contributed by atoms with Crippen molar-refractivity contribution in [1.29, 1.82) is 0 Å². The van der Waals surface area contributed by atoms with Crippen LogP contribution in [0.1, 0.15) is 38.8 Å². The lowest BCUT2D eigenvalue weighted by Crippen LogP contribution is -2.42. The Morgan fingerprint density at radius 3 is 2.59 bits per heavy atom. The molecule has 2 rings (SSSR count). The first-order valence-electron chi connectivity index (χ1n) is 9.56. The molecule has 0 fully saturated rings. The van der Waals surface area contributed by atoms with Gasteiger partial charge in [0.2, 0.25) is 5.91 Å². The Morgan fingerprint density at radius 1 is 1.22 bits per heavy atom. The largest absolute Gasteiger partial charge is 0.354 e. The van der Waals surface area contributed by atoms with E-state index in [-0.39, 0.29) is 5.91 Å². The second kappa shape index (κ2) is 9.95. The van der Waals surface area contributed by atoms with Crippen molar-refractivity contribution in [3.05, 3.63) is 41.7 Å². The lowest BCUT2D eigenvalue weighted by atomic mass is 10.1. The molecule has 0 unspecified atom stereocenters. The number of thioether (sulfide) groups is 1. The van der Waals surface area contributed by atoms with Gasteiger partial charge in [-0.05, 0) is 58.7 Å². The fourth-order valence-corrected chi connectivity index (χ4v) is 3.99. The van der Waals surface area contributed by atoms with Crippen molar-refractivity contribution in [3.63, 3.8) is 0 Å². The molecule has 6 heteroatoms. The smallest absolute Gasteiger partial charge is 0.230 e. The third-order valence-corrected chi connectivity index (χ3v) is 5.76. The maximum Gasteiger partial charge on any atom is 0.230 e. The molecule has 1 N–H and O–H groups in total. The molecule has 0 aliphatic rings. The summed E-state index contributed by atoms with van der Waals surface area (Å²) in [5, 5.41) is 3.86. The van der Waals surface area contributed by atoms with Gasteiger partial charge in [-0.3, -0.25) is 14.3 Å². The lowest BCUT2D eigenvalue weighted by Gasteiger charge is -2.30. The number of carbonyl (C=O) groups excluding carboxylic acids is 1. The molecule has 0 radical (unpaired) electrons. The van der Waals surface area contributed by atoms with E-state index in [9.17, 15) is 4.79 Å². The van der Waals surface area contributed by atoms with Crippen LogP contribution in [-0.4, -0.2) is 51.3 Å². The molecule has 1 aromatic heterocycles. The summed E-state index contributed by atoms with van der Waals surface area (Å²) in [6.07, 6.45) is 3.73. The normalized spacial score (nSPS) is 11.6. The summed E-state index contributed by atoms with van der Waals surface area (Å²) in [5.41, 5.74) is 3.58. The highest BCUT2D eigenvalue weighted by Gasteiger charge is 2.14. The van der Waals surface area contributed by atoms with Crippen LogP contribution < -0.4 is 5.32 Å². The van der Waals surface area contributed by atoms with Crippen molar-refractivity contribution in [2.75, 3.05) is 18.8 Å². The number of nitrogens with one attached hydrogen (secondary N) is 1. The van der Waals surface area contributed by atoms with Gasteiger partial charge in [-0.2, -0.15) is 0 Å². The van der Waals surface area contributed by atoms with Crippen molar-refractivity contribution in [1.82, 2.24) is 19.8 Å². The molecular weight excluding hydrogens is 356 g/mol. The molecule has 1 amide bonds. The molecule has 0 aliphatic carbocycles. The number of imidazole rings is 1. The standard InChI is InChI=1S/C21H32N4OS/c1-15(2)24(16(3)4)12-10-22-20(26)14-27-21-23-11-13-25(21)19-9-7-8-17(5)18(19)6/h7-9,11,13,15-16H,10,12,14H2,1-6H3,(H,22,26). The SMILES string of the molecule is Cc1cccc(-n2ccnc2SCC(=O)NCCN(C(C)C)C(C)C)c1C. The molecule has 0 saturated carbocycles. The molecule has 0 saturated heterocycles. The second-order valence-corrected chi connectivity index (χ2v) is 8.31. The molecule has 1 aromatic carbocycles. The van der Waals surface area contributed by atoms with E-state index < -0.39 is 0 Å². The number of rotatable bonds is 9. The average Bonchev–Trinajstić information content (AvgIpc) is 3.07. The van der Waals surface area contributed by atoms with E-state index in [1.165, 1.54) is 22.9 Å². The number of nitrogens with zero attached hydrogens (tertiary/aromatic N) is 3. The molecule has 1 heterocycles. The minimum absolute atomic E-state index is 0.0444. The van der Waals surface area contributed by atoms with Crippen LogP contribution in [0.5, 0.6) is 0 Å². The first-order valence-corrected chi connectivity index (χ1v) is 10.5. The average molecular weight is 389 g/mol. The van der Waals surface area contributed by atoms with Crippen LogP contribution in [0.15, 0.2) is 35.7 Å². The Labute approximate surface area is 167 Å². The van der Waals surface area contributed by atoms with Gasteiger partial charge < -0.3 is 5.32 Å². The van der Waals surface area contributed by atoms with Crippen LogP contribution in [0.4, 0.5) is 0 Å². The van der Waals surface area contributed by atoms with E-state index in [4.69, 9.17) is 0 Å². The minimum Gasteiger partial charge on any atom is -0.354 e. The Morgan fingerprint density at radius 2 is 1.93 bits per heavy atom. The summed E-state index contributed by atoms with van der Waals surface area (Å²) in [4.78, 5) is 19.0. The van der Waals surface area contributed by atoms with Gasteiger partial charge in [0.15, 0.2) is 5.16 Å². The van der Waals surface area contributed by atoms with Crippen LogP contribution in [0.3, 0.4) is 0 Å². The molecule has 148 valence electrons. The maximum absolute atomic E-state index is 12.2. The molecule has 0 aliphatic heterocycles. The summed E-state index contributed by atoms with van der Waals surface area (Å²) in [5.74, 6) is 0.411. The van der Waals surface area contributed by atoms with Crippen molar-refractivity contribution < 1.29 is 4.79 Å². The van der Waals surface area contributed by atoms with E-state index in [1.807, 2.05) is 12.3 Å². The number of hydrogen-bond donors (Lipinski definition) is 1. The van der Waals surface area contributed by atoms with Crippen LogP contribution in [-0.2, 0) is 4.79 Å². The van der Waals surface area contributed by atoms with Gasteiger partial charge in [-0.15, -0.1) is 0 Å². The van der Waals surface area contributed by atoms with Gasteiger partial charge in [-0.1, -0.05) is 23.9 Å². The third-order valence-electron chi connectivity index (χ3n) is 4.79. The molecule has 0 spiro atoms. The first-order chi connectivity index (χ1) is 12.8. The quantitative estimate of drug-likeness (QED) is 0.664. The number of benzene rings is 1. The fourth-order valence-electron chi connectivity index (χ4n) is 3.19. The Hall–Kier alpha value is -1.79. The van der Waals surface area contributed by atoms with Crippen molar-refractivity contribution in [2.45, 2.75) is 58.8 Å². The topological polar surface area (TPSA) is 50.2 Å². The fraction of sp³-hybridized carbons (Fsp3) is 0.524. The second-order valence-electron chi connectivity index (χ2n) is 7.36. The van der Waals surface area contributed by atoms with Crippen molar-refractivity contribution in [3.8, 4) is 5.69 Å². The highest BCUT2D eigenvalue weighted by atomic mass is 32.2. The molecule has 0 atom stereocenters. The van der Waals surface area contributed by atoms with E-state index in [0.29, 0.717) is 24.4 Å². The zero-order valence-electron chi connectivity index (χ0n) is 17.3. The molecular formula is C21H32N4OS. The van der Waals surface area contributed by atoms with E-state index in [2.05, 4.69) is 73.4 Å². The van der Waals surface area contributed by atoms with Crippen molar-refractivity contribution in [2.24, 2.45) is 0 Å². The number of aromatic nitrogens is 2. The molecule has 5 nitrogen and oxygen atoms in total. The van der Waals surface area contributed by atoms with E-state index >= 15 is 0 Å². The van der Waals surface area contributed by atoms with Crippen LogP contribution in [0, 0.1) is 13.8 Å². The maximum atomic E-state index is 12.2. The zero-order chi connectivity index (χ0) is 20.0. The predicted molar refractivity (Wildman–Crippen MR) is 114 cm³/mol. The highest BCUT2D eigenvalue weighted by Crippen LogP contribution is 2.24. The van der Waals surface area contributed by atoms with Crippen LogP contribution in [0.2, 0.25) is 0 Å². The van der Waals surface area contributed by atoms with Gasteiger partial charge in [0.1, 0.15) is 0 Å². The van der Waals surface area contributed by atoms with Gasteiger partial charge >= 0.3 is 0 Å². The molecule has 0 bridgehead atoms. The summed E-state index contributed by atoms with van der Waals surface area (Å²) < 4.78 is 2.06. The number of aryl methyl sites for hydroxylation is 1. The van der Waals surface area contributed by atoms with Gasteiger partial charge in [0.25, 0.3) is 0 Å². The minimum atomic E-state index is 0.0444. The number of hydrogen-bond acceptors (Lipinski definition) is 4. The molecule has 2 aromatic rings. The van der Waals surface area contributed by atoms with E-state index in [0.717, 1.165) is 17.4 Å². The zero-order valence-corrected chi connectivity index (χ0v) is 18.1. The van der Waals surface area contributed by atoms with Gasteiger partial charge in [0, 0.05) is 37.6 Å². The summed E-state index contributed by atoms with van der Waals surface area (Å²) in [7, 11) is 0. The third kappa shape index (κ3) is 5.84. The Bertz CT molecular complexity index is 746. The summed E-state index contributed by atoms with van der Waals surface area (Å²) in [6, 6.07) is 7.19. The van der Waals surface area contributed by atoms with E-state index in [1.54, 1.807) is 6.20 Å². The monoisotopic (exact) mass is 388 g/mol. The summed E-state index contributed by atoms with van der Waals surface area (Å²) in [6.45, 7) is 14.5. The Kier molecular flexibility index (Phi) is 7.92. The van der Waals surface area contributed by atoms with Gasteiger partial charge in [-0.25, -0.2) is 4.98 Å². The first kappa shape index (κ1) is 21.5. The predicted octanol–water partition coefficient (Wildman–Crippen LogP) is 3.82. The Balaban J connectivity index is 1.90. The highest BCUT2D eigenvalue weighted by molar-refractivity contribution is 7.99. The lowest BCUT2D eigenvalue weighted by molar-refractivity contribution is -0.118. The molecule has 27 heavy (non-hydrogen) atoms. The van der Waals surface area contributed by atoms with Crippen molar-refractivity contribution >= 4 is 17.7 Å². The number of carbonyl (C=O) groups is 1. The van der Waals surface area contributed by atoms with Crippen LogP contribution >= 0.6 is 11.8 Å². The number of amides is 1. The summed E-state index contributed by atoms with van der Waals surface area (Å²) >= 11 is 1.47.